The minimum atomic E-state index is -0.426. The largest absolute Gasteiger partial charge is 0.368 e. The molecule has 1 aliphatic carbocycles. The highest BCUT2D eigenvalue weighted by Gasteiger charge is 2.17. The van der Waals surface area contributed by atoms with Crippen LogP contribution in [0.25, 0.3) is 0 Å². The van der Waals surface area contributed by atoms with Crippen LogP contribution in [-0.4, -0.2) is 38.5 Å². The summed E-state index contributed by atoms with van der Waals surface area (Å²) in [7, 11) is 1.71. The number of hydrogen-bond acceptors (Lipinski definition) is 6. The van der Waals surface area contributed by atoms with Crippen molar-refractivity contribution in [2.24, 2.45) is 7.05 Å². The number of nitrogens with two attached hydrogens (primary N) is 1. The molecule has 1 aliphatic rings. The van der Waals surface area contributed by atoms with Gasteiger partial charge in [-0.1, -0.05) is 31.0 Å². The highest BCUT2D eigenvalue weighted by atomic mass is 32.2. The second-order valence-corrected chi connectivity index (χ2v) is 5.99. The second kappa shape index (κ2) is 7.30. The molecule has 3 amide bonds. The van der Waals surface area contributed by atoms with Gasteiger partial charge < -0.3 is 11.1 Å². The molecule has 9 heteroatoms. The van der Waals surface area contributed by atoms with Crippen LogP contribution in [0.3, 0.4) is 0 Å². The molecule has 4 N–H and O–H groups in total. The average Bonchev–Trinajstić information content (AvgIpc) is 2.77. The van der Waals surface area contributed by atoms with Gasteiger partial charge in [-0.25, -0.2) is 4.79 Å². The van der Waals surface area contributed by atoms with Gasteiger partial charge in [-0.05, 0) is 12.8 Å². The highest BCUT2D eigenvalue weighted by molar-refractivity contribution is 7.99. The number of nitrogens with zero attached hydrogens (tertiary/aromatic N) is 3. The van der Waals surface area contributed by atoms with E-state index in [1.54, 1.807) is 11.6 Å². The lowest BCUT2D eigenvalue weighted by Gasteiger charge is -2.22. The van der Waals surface area contributed by atoms with Crippen LogP contribution in [0.2, 0.25) is 0 Å². The Labute approximate surface area is 127 Å². The Bertz CT molecular complexity index is 512. The molecular weight excluding hydrogens is 292 g/mol. The molecule has 0 spiro atoms. The summed E-state index contributed by atoms with van der Waals surface area (Å²) in [5.41, 5.74) is 5.54. The monoisotopic (exact) mass is 312 g/mol. The average molecular weight is 312 g/mol. The molecule has 0 atom stereocenters. The second-order valence-electron chi connectivity index (χ2n) is 5.05. The van der Waals surface area contributed by atoms with Gasteiger partial charge in [0.1, 0.15) is 0 Å². The molecule has 0 radical (unpaired) electrons. The third-order valence-electron chi connectivity index (χ3n) is 3.39. The topological polar surface area (TPSA) is 115 Å². The van der Waals surface area contributed by atoms with Gasteiger partial charge >= 0.3 is 6.03 Å². The van der Waals surface area contributed by atoms with Crippen molar-refractivity contribution in [3.8, 4) is 0 Å². The van der Waals surface area contributed by atoms with E-state index >= 15 is 0 Å². The Morgan fingerprint density at radius 1 is 1.33 bits per heavy atom. The first kappa shape index (κ1) is 15.6. The number of urea groups is 1. The zero-order chi connectivity index (χ0) is 15.2. The van der Waals surface area contributed by atoms with E-state index in [1.165, 1.54) is 18.2 Å². The van der Waals surface area contributed by atoms with Gasteiger partial charge in [-0.3, -0.25) is 14.7 Å². The van der Waals surface area contributed by atoms with Gasteiger partial charge in [-0.2, -0.15) is 0 Å². The minimum Gasteiger partial charge on any atom is -0.368 e. The summed E-state index contributed by atoms with van der Waals surface area (Å²) < 4.78 is 1.58. The zero-order valence-electron chi connectivity index (χ0n) is 12.0. The van der Waals surface area contributed by atoms with E-state index in [-0.39, 0.29) is 23.7 Å². The maximum atomic E-state index is 11.7. The van der Waals surface area contributed by atoms with Crippen LogP contribution < -0.4 is 16.4 Å². The molecule has 1 heterocycles. The molecule has 1 saturated carbocycles. The van der Waals surface area contributed by atoms with Gasteiger partial charge in [0.05, 0.1) is 5.75 Å². The van der Waals surface area contributed by atoms with Crippen molar-refractivity contribution < 1.29 is 9.59 Å². The summed E-state index contributed by atoms with van der Waals surface area (Å²) >= 11 is 1.18. The van der Waals surface area contributed by atoms with Crippen LogP contribution in [0.5, 0.6) is 0 Å². The van der Waals surface area contributed by atoms with Gasteiger partial charge in [0.15, 0.2) is 5.16 Å². The standard InChI is InChI=1S/C12H20N6O2S/c1-18-10(13)16-17-12(18)21-7-9(19)15-11(20)14-8-5-3-2-4-6-8/h8H,2-7H2,1H3,(H2,13,16)(H2,14,15,19,20). The van der Waals surface area contributed by atoms with E-state index in [2.05, 4.69) is 20.8 Å². The SMILES string of the molecule is Cn1c(N)nnc1SCC(=O)NC(=O)NC1CCCCC1. The van der Waals surface area contributed by atoms with Crippen LogP contribution in [0.15, 0.2) is 5.16 Å². The lowest BCUT2D eigenvalue weighted by molar-refractivity contribution is -0.117. The first-order valence-corrected chi connectivity index (χ1v) is 7.93. The minimum absolute atomic E-state index is 0.0874. The predicted molar refractivity (Wildman–Crippen MR) is 79.7 cm³/mol. The van der Waals surface area contributed by atoms with Crippen molar-refractivity contribution in [1.29, 1.82) is 0 Å². The maximum absolute atomic E-state index is 11.7. The molecule has 116 valence electrons. The summed E-state index contributed by atoms with van der Waals surface area (Å²) in [5, 5.41) is 13.2. The molecule has 2 rings (SSSR count). The molecule has 1 aromatic heterocycles. The van der Waals surface area contributed by atoms with Crippen molar-refractivity contribution in [3.63, 3.8) is 0 Å². The predicted octanol–water partition coefficient (Wildman–Crippen LogP) is 0.648. The smallest absolute Gasteiger partial charge is 0.321 e. The number of aromatic nitrogens is 3. The third kappa shape index (κ3) is 4.62. The van der Waals surface area contributed by atoms with E-state index in [1.807, 2.05) is 0 Å². The van der Waals surface area contributed by atoms with Crippen LogP contribution >= 0.6 is 11.8 Å². The number of nitrogen functional groups attached to an aromatic ring is 1. The Morgan fingerprint density at radius 2 is 2.05 bits per heavy atom. The quantitative estimate of drug-likeness (QED) is 0.703. The van der Waals surface area contributed by atoms with Crippen molar-refractivity contribution in [2.45, 2.75) is 43.3 Å². The van der Waals surface area contributed by atoms with Crippen LogP contribution in [0.4, 0.5) is 10.7 Å². The normalized spacial score (nSPS) is 15.7. The maximum Gasteiger partial charge on any atom is 0.321 e. The van der Waals surface area contributed by atoms with E-state index < -0.39 is 6.03 Å². The van der Waals surface area contributed by atoms with Crippen molar-refractivity contribution >= 4 is 29.6 Å². The number of amides is 3. The molecule has 1 fully saturated rings. The fraction of sp³-hybridized carbons (Fsp3) is 0.667. The summed E-state index contributed by atoms with van der Waals surface area (Å²) in [6.45, 7) is 0. The van der Waals surface area contributed by atoms with E-state index in [0.29, 0.717) is 5.16 Å². The summed E-state index contributed by atoms with van der Waals surface area (Å²) in [6, 6.07) is -0.247. The molecule has 21 heavy (non-hydrogen) atoms. The molecule has 0 saturated heterocycles. The summed E-state index contributed by atoms with van der Waals surface area (Å²) in [6.07, 6.45) is 5.43. The number of carbonyl (C=O) groups excluding carboxylic acids is 2. The number of rotatable bonds is 4. The lowest BCUT2D eigenvalue weighted by Crippen LogP contribution is -2.45. The number of nitrogens with one attached hydrogen (secondary N) is 2. The van der Waals surface area contributed by atoms with Gasteiger partial charge in [0, 0.05) is 13.1 Å². The lowest BCUT2D eigenvalue weighted by atomic mass is 9.96. The Hall–Kier alpha value is -1.77. The van der Waals surface area contributed by atoms with E-state index in [4.69, 9.17) is 5.73 Å². The molecule has 0 bridgehead atoms. The number of thioether (sulfide) groups is 1. The van der Waals surface area contributed by atoms with Crippen molar-refractivity contribution in [3.05, 3.63) is 0 Å². The van der Waals surface area contributed by atoms with Gasteiger partial charge in [0.25, 0.3) is 0 Å². The number of anilines is 1. The Balaban J connectivity index is 1.71. The Morgan fingerprint density at radius 3 is 2.67 bits per heavy atom. The number of carbonyl (C=O) groups is 2. The summed E-state index contributed by atoms with van der Waals surface area (Å²) in [5.74, 6) is 0.00665. The van der Waals surface area contributed by atoms with Crippen LogP contribution in [-0.2, 0) is 11.8 Å². The molecule has 0 aliphatic heterocycles. The third-order valence-corrected chi connectivity index (χ3v) is 4.41. The van der Waals surface area contributed by atoms with Gasteiger partial charge in [-0.15, -0.1) is 10.2 Å². The first-order valence-electron chi connectivity index (χ1n) is 6.94. The highest BCUT2D eigenvalue weighted by Crippen LogP contribution is 2.17. The van der Waals surface area contributed by atoms with Crippen LogP contribution in [0.1, 0.15) is 32.1 Å². The molecule has 1 aromatic rings. The molecule has 0 unspecified atom stereocenters. The molecular formula is C12H20N6O2S. The van der Waals surface area contributed by atoms with Crippen molar-refractivity contribution in [2.75, 3.05) is 11.5 Å². The molecule has 8 nitrogen and oxygen atoms in total. The Kier molecular flexibility index (Phi) is 5.43. The number of imide groups is 1. The number of hydrogen-bond donors (Lipinski definition) is 3. The fourth-order valence-electron chi connectivity index (χ4n) is 2.21. The summed E-state index contributed by atoms with van der Waals surface area (Å²) in [4.78, 5) is 23.4. The van der Waals surface area contributed by atoms with E-state index in [9.17, 15) is 9.59 Å². The fourth-order valence-corrected chi connectivity index (χ4v) is 2.93. The zero-order valence-corrected chi connectivity index (χ0v) is 12.8. The first-order chi connectivity index (χ1) is 10.1. The van der Waals surface area contributed by atoms with Crippen LogP contribution in [0, 0.1) is 0 Å². The van der Waals surface area contributed by atoms with Crippen molar-refractivity contribution in [1.82, 2.24) is 25.4 Å². The van der Waals surface area contributed by atoms with Gasteiger partial charge in [0.2, 0.25) is 11.9 Å². The molecule has 0 aromatic carbocycles. The van der Waals surface area contributed by atoms with E-state index in [0.717, 1.165) is 25.7 Å².